The summed E-state index contributed by atoms with van der Waals surface area (Å²) in [5.41, 5.74) is 1.46. The van der Waals surface area contributed by atoms with Crippen molar-refractivity contribution in [2.45, 2.75) is 19.9 Å². The summed E-state index contributed by atoms with van der Waals surface area (Å²) in [4.78, 5) is 32.0. The van der Waals surface area contributed by atoms with Gasteiger partial charge in [-0.25, -0.2) is 9.79 Å². The lowest BCUT2D eigenvalue weighted by atomic mass is 10.0. The molecule has 0 bridgehead atoms. The number of rotatable bonds is 4. The molecule has 30 heavy (non-hydrogen) atoms. The van der Waals surface area contributed by atoms with Crippen molar-refractivity contribution in [1.82, 2.24) is 4.57 Å². The molecule has 1 aliphatic rings. The molecule has 3 heterocycles. The Morgan fingerprint density at radius 3 is 2.77 bits per heavy atom. The summed E-state index contributed by atoms with van der Waals surface area (Å²) in [7, 11) is 0. The van der Waals surface area contributed by atoms with E-state index >= 15 is 0 Å². The predicted molar refractivity (Wildman–Crippen MR) is 121 cm³/mol. The van der Waals surface area contributed by atoms with Crippen LogP contribution in [0.15, 0.2) is 56.8 Å². The minimum Gasteiger partial charge on any atom is -0.463 e. The van der Waals surface area contributed by atoms with Gasteiger partial charge in [-0.15, -0.1) is 11.3 Å². The highest BCUT2D eigenvalue weighted by Gasteiger charge is 2.33. The summed E-state index contributed by atoms with van der Waals surface area (Å²) >= 11 is 14.8. The predicted octanol–water partition coefficient (Wildman–Crippen LogP) is 4.17. The molecule has 0 fully saturated rings. The maximum atomic E-state index is 13.4. The summed E-state index contributed by atoms with van der Waals surface area (Å²) in [6.45, 7) is 3.76. The van der Waals surface area contributed by atoms with Crippen LogP contribution in [0.1, 0.15) is 30.3 Å². The second-order valence-corrected chi connectivity index (χ2v) is 9.29. The third-order valence-corrected chi connectivity index (χ3v) is 7.22. The molecule has 0 spiro atoms. The van der Waals surface area contributed by atoms with Crippen molar-refractivity contribution >= 4 is 57.9 Å². The number of halogens is 2. The number of allylic oxidation sites excluding steroid dienone is 1. The van der Waals surface area contributed by atoms with Gasteiger partial charge >= 0.3 is 5.97 Å². The fraction of sp³-hybridized carbons (Fsp3) is 0.190. The van der Waals surface area contributed by atoms with E-state index < -0.39 is 12.0 Å². The highest BCUT2D eigenvalue weighted by Crippen LogP contribution is 2.33. The number of carbonyl (C=O) groups is 1. The fourth-order valence-corrected chi connectivity index (χ4v) is 5.44. The van der Waals surface area contributed by atoms with E-state index in [1.807, 2.05) is 17.5 Å². The first-order valence-corrected chi connectivity index (χ1v) is 11.5. The smallest absolute Gasteiger partial charge is 0.338 e. The van der Waals surface area contributed by atoms with Crippen molar-refractivity contribution in [3.8, 4) is 0 Å². The summed E-state index contributed by atoms with van der Waals surface area (Å²) in [6.07, 6.45) is 1.75. The van der Waals surface area contributed by atoms with E-state index in [2.05, 4.69) is 4.99 Å². The lowest BCUT2D eigenvalue weighted by Crippen LogP contribution is -2.39. The van der Waals surface area contributed by atoms with E-state index in [9.17, 15) is 9.59 Å². The molecule has 0 amide bonds. The van der Waals surface area contributed by atoms with Crippen molar-refractivity contribution in [3.05, 3.63) is 87.2 Å². The van der Waals surface area contributed by atoms with Gasteiger partial charge in [0.05, 0.1) is 32.5 Å². The Balaban J connectivity index is 1.93. The molecule has 0 saturated heterocycles. The van der Waals surface area contributed by atoms with Crippen molar-refractivity contribution in [3.63, 3.8) is 0 Å². The Morgan fingerprint density at radius 1 is 1.30 bits per heavy atom. The standard InChI is InChI=1S/C21H16Cl2N2O3S2/c1-3-28-20(27)17-11(2)24-21-25(18(17)15-5-4-8-29-15)19(26)16(30-21)10-12-6-7-13(22)14(23)9-12/h4-10,18H,3H2,1-2H3/t18-/m0/s1. The molecule has 1 aromatic carbocycles. The van der Waals surface area contributed by atoms with Gasteiger partial charge in [0.2, 0.25) is 0 Å². The SMILES string of the molecule is CCOC(=O)C1=C(C)N=c2sc(=Cc3ccc(Cl)c(Cl)c3)c(=O)n2[C@H]1c1cccs1. The van der Waals surface area contributed by atoms with Crippen LogP contribution < -0.4 is 14.9 Å². The maximum Gasteiger partial charge on any atom is 0.338 e. The Morgan fingerprint density at radius 2 is 2.10 bits per heavy atom. The average molecular weight is 479 g/mol. The molecule has 154 valence electrons. The maximum absolute atomic E-state index is 13.4. The van der Waals surface area contributed by atoms with E-state index in [0.29, 0.717) is 30.6 Å². The topological polar surface area (TPSA) is 60.7 Å². The van der Waals surface area contributed by atoms with E-state index in [4.69, 9.17) is 27.9 Å². The second kappa shape index (κ2) is 8.51. The van der Waals surface area contributed by atoms with Gasteiger partial charge in [-0.05, 0) is 49.1 Å². The zero-order valence-corrected chi connectivity index (χ0v) is 19.2. The number of nitrogens with zero attached hydrogens (tertiary/aromatic N) is 2. The lowest BCUT2D eigenvalue weighted by Gasteiger charge is -2.23. The van der Waals surface area contributed by atoms with Crippen molar-refractivity contribution in [2.75, 3.05) is 6.61 Å². The molecule has 2 aromatic heterocycles. The Hall–Kier alpha value is -2.19. The molecular formula is C21H16Cl2N2O3S2. The first-order valence-electron chi connectivity index (χ1n) is 9.08. The molecule has 9 heteroatoms. The van der Waals surface area contributed by atoms with Crippen molar-refractivity contribution in [2.24, 2.45) is 4.99 Å². The number of hydrogen-bond acceptors (Lipinski definition) is 6. The van der Waals surface area contributed by atoms with Crippen LogP contribution in [0.2, 0.25) is 10.0 Å². The van der Waals surface area contributed by atoms with Crippen molar-refractivity contribution in [1.29, 1.82) is 0 Å². The number of esters is 1. The van der Waals surface area contributed by atoms with Crippen LogP contribution in [0.4, 0.5) is 0 Å². The minimum absolute atomic E-state index is 0.225. The number of fused-ring (bicyclic) bond motifs is 1. The molecule has 0 N–H and O–H groups in total. The normalized spacial score (nSPS) is 16.4. The highest BCUT2D eigenvalue weighted by molar-refractivity contribution is 7.10. The Kier molecular flexibility index (Phi) is 5.97. The number of thiazole rings is 1. The summed E-state index contributed by atoms with van der Waals surface area (Å²) in [6, 6.07) is 8.40. The van der Waals surface area contributed by atoms with Gasteiger partial charge in [0.25, 0.3) is 5.56 Å². The van der Waals surface area contributed by atoms with E-state index in [1.165, 1.54) is 22.7 Å². The number of aromatic nitrogens is 1. The minimum atomic E-state index is -0.573. The molecule has 0 radical (unpaired) electrons. The van der Waals surface area contributed by atoms with E-state index in [0.717, 1.165) is 10.4 Å². The molecule has 0 unspecified atom stereocenters. The van der Waals surface area contributed by atoms with Gasteiger partial charge in [-0.3, -0.25) is 9.36 Å². The van der Waals surface area contributed by atoms with E-state index in [1.54, 1.807) is 42.7 Å². The van der Waals surface area contributed by atoms with Gasteiger partial charge in [-0.2, -0.15) is 0 Å². The van der Waals surface area contributed by atoms with Gasteiger partial charge in [0.15, 0.2) is 4.80 Å². The summed E-state index contributed by atoms with van der Waals surface area (Å²) < 4.78 is 7.32. The zero-order valence-electron chi connectivity index (χ0n) is 16.0. The third kappa shape index (κ3) is 3.78. The second-order valence-electron chi connectivity index (χ2n) is 6.49. The van der Waals surface area contributed by atoms with Gasteiger partial charge in [0, 0.05) is 4.88 Å². The zero-order chi connectivity index (χ0) is 21.4. The summed E-state index contributed by atoms with van der Waals surface area (Å²) in [5.74, 6) is -0.462. The molecule has 0 saturated carbocycles. The van der Waals surface area contributed by atoms with Crippen molar-refractivity contribution < 1.29 is 9.53 Å². The Bertz CT molecular complexity index is 1340. The number of carbonyl (C=O) groups excluding carboxylic acids is 1. The molecule has 0 aliphatic carbocycles. The van der Waals surface area contributed by atoms with Crippen LogP contribution in [0, 0.1) is 0 Å². The lowest BCUT2D eigenvalue weighted by molar-refractivity contribution is -0.139. The molecule has 4 rings (SSSR count). The van der Waals surface area contributed by atoms with Crippen LogP contribution >= 0.6 is 45.9 Å². The molecular weight excluding hydrogens is 463 g/mol. The van der Waals surface area contributed by atoms with Crippen LogP contribution in [-0.4, -0.2) is 17.1 Å². The number of thiophene rings is 1. The molecule has 1 aliphatic heterocycles. The highest BCUT2D eigenvalue weighted by atomic mass is 35.5. The first-order chi connectivity index (χ1) is 14.4. The van der Waals surface area contributed by atoms with Crippen LogP contribution in [0.25, 0.3) is 6.08 Å². The number of ether oxygens (including phenoxy) is 1. The molecule has 1 atom stereocenters. The van der Waals surface area contributed by atoms with Gasteiger partial charge < -0.3 is 4.74 Å². The van der Waals surface area contributed by atoms with Gasteiger partial charge in [-0.1, -0.05) is 46.7 Å². The molecule has 3 aromatic rings. The average Bonchev–Trinajstić information content (AvgIpc) is 3.33. The largest absolute Gasteiger partial charge is 0.463 e. The third-order valence-electron chi connectivity index (χ3n) is 4.57. The van der Waals surface area contributed by atoms with E-state index in [-0.39, 0.29) is 12.2 Å². The first kappa shape index (κ1) is 21.1. The summed E-state index contributed by atoms with van der Waals surface area (Å²) in [5, 5.41) is 2.77. The number of benzene rings is 1. The van der Waals surface area contributed by atoms with Crippen LogP contribution in [-0.2, 0) is 9.53 Å². The molecule has 5 nitrogen and oxygen atoms in total. The monoisotopic (exact) mass is 478 g/mol. The van der Waals surface area contributed by atoms with Crippen LogP contribution in [0.3, 0.4) is 0 Å². The van der Waals surface area contributed by atoms with Crippen LogP contribution in [0.5, 0.6) is 0 Å². The fourth-order valence-electron chi connectivity index (χ4n) is 3.26. The van der Waals surface area contributed by atoms with Gasteiger partial charge in [0.1, 0.15) is 6.04 Å². The Labute approximate surface area is 190 Å². The quantitative estimate of drug-likeness (QED) is 0.528. The number of hydrogen-bond donors (Lipinski definition) is 0.